The number of amides is 3. The average Bonchev–Trinajstić information content (AvgIpc) is 3.14. The molecule has 2 aromatic rings. The fourth-order valence-electron chi connectivity index (χ4n) is 3.48. The zero-order valence-electron chi connectivity index (χ0n) is 17.1. The summed E-state index contributed by atoms with van der Waals surface area (Å²) in [5.41, 5.74) is 6.93. The Hall–Kier alpha value is -2.74. The number of aryl methyl sites for hydroxylation is 1. The Kier molecular flexibility index (Phi) is 6.64. The van der Waals surface area contributed by atoms with E-state index in [1.54, 1.807) is 32.4 Å². The lowest BCUT2D eigenvalue weighted by Crippen LogP contribution is -2.47. The van der Waals surface area contributed by atoms with Crippen molar-refractivity contribution >= 4 is 23.3 Å². The maximum Gasteiger partial charge on any atom is 0.333 e. The SMILES string of the molecule is COc1ccc(OC)c(C(C)NC(=O)NNC(=O)c2cc3c(s2)CCC(C)C3)c1. The number of benzene rings is 1. The van der Waals surface area contributed by atoms with Gasteiger partial charge in [-0.05, 0) is 61.9 Å². The van der Waals surface area contributed by atoms with Crippen LogP contribution in [0.15, 0.2) is 24.3 Å². The lowest BCUT2D eigenvalue weighted by Gasteiger charge is -2.18. The molecule has 3 N–H and O–H groups in total. The number of hydrogen-bond donors (Lipinski definition) is 3. The highest BCUT2D eigenvalue weighted by Crippen LogP contribution is 2.32. The van der Waals surface area contributed by atoms with Crippen molar-refractivity contribution in [1.82, 2.24) is 16.2 Å². The van der Waals surface area contributed by atoms with Crippen molar-refractivity contribution < 1.29 is 19.1 Å². The van der Waals surface area contributed by atoms with E-state index in [1.165, 1.54) is 21.8 Å². The van der Waals surface area contributed by atoms with Crippen LogP contribution in [-0.2, 0) is 12.8 Å². The molecule has 8 heteroatoms. The Balaban J connectivity index is 1.56. The second-order valence-corrected chi connectivity index (χ2v) is 8.43. The van der Waals surface area contributed by atoms with Gasteiger partial charge in [-0.15, -0.1) is 11.3 Å². The van der Waals surface area contributed by atoms with Crippen LogP contribution < -0.4 is 25.6 Å². The molecule has 1 aromatic carbocycles. The number of ether oxygens (including phenoxy) is 2. The molecule has 0 saturated heterocycles. The van der Waals surface area contributed by atoms with Crippen LogP contribution >= 0.6 is 11.3 Å². The van der Waals surface area contributed by atoms with Gasteiger partial charge in [0, 0.05) is 10.4 Å². The van der Waals surface area contributed by atoms with Gasteiger partial charge in [-0.2, -0.15) is 0 Å². The number of hydrazine groups is 1. The zero-order valence-corrected chi connectivity index (χ0v) is 17.9. The van der Waals surface area contributed by atoms with Gasteiger partial charge in [0.05, 0.1) is 25.1 Å². The highest BCUT2D eigenvalue weighted by atomic mass is 32.1. The van der Waals surface area contributed by atoms with E-state index < -0.39 is 6.03 Å². The number of carbonyl (C=O) groups excluding carboxylic acids is 2. The maximum atomic E-state index is 12.4. The summed E-state index contributed by atoms with van der Waals surface area (Å²) in [7, 11) is 3.15. The number of hydrogen-bond acceptors (Lipinski definition) is 5. The van der Waals surface area contributed by atoms with E-state index in [0.29, 0.717) is 22.3 Å². The van der Waals surface area contributed by atoms with Crippen molar-refractivity contribution in [3.05, 3.63) is 45.1 Å². The Labute approximate surface area is 174 Å². The minimum atomic E-state index is -0.509. The first-order chi connectivity index (χ1) is 13.9. The predicted molar refractivity (Wildman–Crippen MR) is 113 cm³/mol. The molecule has 3 amide bonds. The van der Waals surface area contributed by atoms with E-state index in [9.17, 15) is 9.59 Å². The molecule has 0 bridgehead atoms. The highest BCUT2D eigenvalue weighted by molar-refractivity contribution is 7.14. The Morgan fingerprint density at radius 2 is 1.97 bits per heavy atom. The van der Waals surface area contributed by atoms with Gasteiger partial charge in [0.25, 0.3) is 5.91 Å². The van der Waals surface area contributed by atoms with Gasteiger partial charge < -0.3 is 14.8 Å². The Morgan fingerprint density at radius 3 is 2.69 bits per heavy atom. The van der Waals surface area contributed by atoms with Gasteiger partial charge in [-0.25, -0.2) is 10.2 Å². The summed E-state index contributed by atoms with van der Waals surface area (Å²) in [6, 6.07) is 6.45. The molecule has 1 aliphatic rings. The fourth-order valence-corrected chi connectivity index (χ4v) is 4.58. The van der Waals surface area contributed by atoms with Gasteiger partial charge >= 0.3 is 6.03 Å². The van der Waals surface area contributed by atoms with Gasteiger partial charge in [-0.1, -0.05) is 6.92 Å². The number of nitrogens with one attached hydrogen (secondary N) is 3. The molecule has 3 rings (SSSR count). The summed E-state index contributed by atoms with van der Waals surface area (Å²) >= 11 is 1.50. The molecule has 0 spiro atoms. The number of rotatable bonds is 5. The summed E-state index contributed by atoms with van der Waals surface area (Å²) in [6.07, 6.45) is 3.18. The Bertz CT molecular complexity index is 896. The van der Waals surface area contributed by atoms with E-state index in [-0.39, 0.29) is 11.9 Å². The van der Waals surface area contributed by atoms with Crippen LogP contribution in [0.25, 0.3) is 0 Å². The smallest absolute Gasteiger partial charge is 0.333 e. The van der Waals surface area contributed by atoms with Crippen LogP contribution in [0.3, 0.4) is 0 Å². The van der Waals surface area contributed by atoms with Crippen molar-refractivity contribution in [2.24, 2.45) is 5.92 Å². The first-order valence-electron chi connectivity index (χ1n) is 9.61. The summed E-state index contributed by atoms with van der Waals surface area (Å²) in [5, 5.41) is 2.79. The minimum Gasteiger partial charge on any atom is -0.497 e. The van der Waals surface area contributed by atoms with Crippen molar-refractivity contribution in [2.75, 3.05) is 14.2 Å². The molecule has 29 heavy (non-hydrogen) atoms. The van der Waals surface area contributed by atoms with Crippen molar-refractivity contribution in [3.8, 4) is 11.5 Å². The molecular weight excluding hydrogens is 390 g/mol. The largest absolute Gasteiger partial charge is 0.497 e. The summed E-state index contributed by atoms with van der Waals surface area (Å²) in [4.78, 5) is 26.5. The number of fused-ring (bicyclic) bond motifs is 1. The number of carbonyl (C=O) groups is 2. The second kappa shape index (κ2) is 9.17. The highest BCUT2D eigenvalue weighted by Gasteiger charge is 2.21. The molecule has 156 valence electrons. The molecule has 7 nitrogen and oxygen atoms in total. The topological polar surface area (TPSA) is 88.7 Å². The van der Waals surface area contributed by atoms with Crippen LogP contribution in [0.1, 0.15) is 52.0 Å². The summed E-state index contributed by atoms with van der Waals surface area (Å²) in [6.45, 7) is 4.05. The number of methoxy groups -OCH3 is 2. The second-order valence-electron chi connectivity index (χ2n) is 7.29. The monoisotopic (exact) mass is 417 g/mol. The predicted octanol–water partition coefficient (Wildman–Crippen LogP) is 3.60. The molecule has 0 aliphatic heterocycles. The van der Waals surface area contributed by atoms with Crippen LogP contribution in [0.4, 0.5) is 4.79 Å². The lowest BCUT2D eigenvalue weighted by atomic mass is 9.90. The van der Waals surface area contributed by atoms with E-state index in [0.717, 1.165) is 24.8 Å². The molecule has 0 radical (unpaired) electrons. The maximum absolute atomic E-state index is 12.4. The molecule has 2 atom stereocenters. The van der Waals surface area contributed by atoms with E-state index in [2.05, 4.69) is 23.1 Å². The van der Waals surface area contributed by atoms with Gasteiger partial charge in [0.1, 0.15) is 11.5 Å². The third kappa shape index (κ3) is 5.00. The molecule has 0 saturated carbocycles. The first-order valence-corrected chi connectivity index (χ1v) is 10.4. The fraction of sp³-hybridized carbons (Fsp3) is 0.429. The molecular formula is C21H27N3O4S. The number of urea groups is 1. The number of thiophene rings is 1. The van der Waals surface area contributed by atoms with Gasteiger partial charge in [0.2, 0.25) is 0 Å². The van der Waals surface area contributed by atoms with Crippen LogP contribution in [0.2, 0.25) is 0 Å². The standard InChI is InChI=1S/C21H27N3O4S/c1-12-5-8-18-14(9-12)10-19(29-18)20(25)23-24-21(26)22-13(2)16-11-15(27-3)6-7-17(16)28-4/h6-7,10-13H,5,8-9H2,1-4H3,(H,23,25)(H2,22,24,26). The Morgan fingerprint density at radius 1 is 1.17 bits per heavy atom. The van der Waals surface area contributed by atoms with Gasteiger partial charge in [-0.3, -0.25) is 10.2 Å². The van der Waals surface area contributed by atoms with E-state index >= 15 is 0 Å². The third-order valence-electron chi connectivity index (χ3n) is 5.09. The normalized spacial score (nSPS) is 16.3. The lowest BCUT2D eigenvalue weighted by molar-refractivity contribution is 0.0940. The summed E-state index contributed by atoms with van der Waals surface area (Å²) < 4.78 is 10.6. The zero-order chi connectivity index (χ0) is 21.0. The van der Waals surface area contributed by atoms with Gasteiger partial charge in [0.15, 0.2) is 0 Å². The van der Waals surface area contributed by atoms with E-state index in [4.69, 9.17) is 9.47 Å². The quantitative estimate of drug-likeness (QED) is 0.649. The summed E-state index contributed by atoms with van der Waals surface area (Å²) in [5.74, 6) is 1.64. The molecule has 0 fully saturated rings. The first kappa shape index (κ1) is 21.0. The van der Waals surface area contributed by atoms with Crippen molar-refractivity contribution in [3.63, 3.8) is 0 Å². The molecule has 1 aromatic heterocycles. The third-order valence-corrected chi connectivity index (χ3v) is 6.33. The van der Waals surface area contributed by atoms with Crippen LogP contribution in [-0.4, -0.2) is 26.2 Å². The van der Waals surface area contributed by atoms with Crippen LogP contribution in [0.5, 0.6) is 11.5 Å². The van der Waals surface area contributed by atoms with Crippen molar-refractivity contribution in [1.29, 1.82) is 0 Å². The average molecular weight is 418 g/mol. The molecule has 1 aliphatic carbocycles. The van der Waals surface area contributed by atoms with E-state index in [1.807, 2.05) is 13.0 Å². The van der Waals surface area contributed by atoms with Crippen LogP contribution in [0, 0.1) is 5.92 Å². The molecule has 1 heterocycles. The minimum absolute atomic E-state index is 0.307. The molecule has 2 unspecified atom stereocenters. The van der Waals surface area contributed by atoms with Crippen molar-refractivity contribution in [2.45, 2.75) is 39.2 Å².